The Labute approximate surface area is 199 Å². The number of anilines is 1. The van der Waals surface area contributed by atoms with Crippen LogP contribution < -0.4 is 10.2 Å². The van der Waals surface area contributed by atoms with Crippen molar-refractivity contribution in [2.75, 3.05) is 31.1 Å². The van der Waals surface area contributed by atoms with E-state index in [0.29, 0.717) is 16.5 Å². The van der Waals surface area contributed by atoms with Crippen LogP contribution >= 0.6 is 0 Å². The van der Waals surface area contributed by atoms with E-state index in [2.05, 4.69) is 15.1 Å². The van der Waals surface area contributed by atoms with Crippen LogP contribution in [0.5, 0.6) is 0 Å². The first-order valence-electron chi connectivity index (χ1n) is 12.8. The lowest BCUT2D eigenvalue weighted by Gasteiger charge is -2.33. The smallest absolute Gasteiger partial charge is 0.262 e. The molecule has 0 aromatic heterocycles. The molecule has 3 saturated heterocycles. The van der Waals surface area contributed by atoms with E-state index < -0.39 is 23.8 Å². The lowest BCUT2D eigenvalue weighted by molar-refractivity contribution is -0.136. The van der Waals surface area contributed by atoms with Crippen LogP contribution in [0.2, 0.25) is 0 Å². The van der Waals surface area contributed by atoms with Crippen LogP contribution in [-0.4, -0.2) is 71.7 Å². The van der Waals surface area contributed by atoms with Gasteiger partial charge < -0.3 is 4.90 Å². The molecule has 1 aliphatic carbocycles. The van der Waals surface area contributed by atoms with Crippen molar-refractivity contribution < 1.29 is 19.2 Å². The van der Waals surface area contributed by atoms with Gasteiger partial charge in [0.1, 0.15) is 6.04 Å². The first-order chi connectivity index (χ1) is 16.4. The highest BCUT2D eigenvalue weighted by Crippen LogP contribution is 2.43. The molecular formula is C26H32N4O4. The number of nitrogens with one attached hydrogen (secondary N) is 1. The Morgan fingerprint density at radius 1 is 0.853 bits per heavy atom. The van der Waals surface area contributed by atoms with E-state index >= 15 is 0 Å². The lowest BCUT2D eigenvalue weighted by Crippen LogP contribution is -2.54. The summed E-state index contributed by atoms with van der Waals surface area (Å²) in [6, 6.07) is 5.32. The molecule has 8 heteroatoms. The molecule has 1 spiro atoms. The fourth-order valence-corrected chi connectivity index (χ4v) is 6.87. The number of likely N-dealkylation sites (tertiary alicyclic amines) is 1. The molecular weight excluding hydrogens is 432 g/mol. The van der Waals surface area contributed by atoms with E-state index in [0.717, 1.165) is 36.1 Å². The van der Waals surface area contributed by atoms with Gasteiger partial charge in [0.2, 0.25) is 11.8 Å². The van der Waals surface area contributed by atoms with E-state index in [1.165, 1.54) is 51.6 Å². The minimum Gasteiger partial charge on any atom is -0.371 e. The Morgan fingerprint density at radius 3 is 2.41 bits per heavy atom. The second kappa shape index (κ2) is 8.18. The minimum atomic E-state index is -0.923. The molecule has 0 radical (unpaired) electrons. The van der Waals surface area contributed by atoms with Crippen LogP contribution in [0.4, 0.5) is 5.69 Å². The third-order valence-electron chi connectivity index (χ3n) is 8.79. The van der Waals surface area contributed by atoms with Crippen molar-refractivity contribution in [2.45, 2.75) is 69.9 Å². The summed E-state index contributed by atoms with van der Waals surface area (Å²) in [7, 11) is 0. The van der Waals surface area contributed by atoms with Crippen LogP contribution in [0, 0.1) is 5.41 Å². The second-order valence-electron chi connectivity index (χ2n) is 10.9. The first-order valence-corrected chi connectivity index (χ1v) is 12.8. The maximum atomic E-state index is 13.2. The minimum absolute atomic E-state index is 0.128. The lowest BCUT2D eigenvalue weighted by atomic mass is 9.86. The number of hydrogen-bond donors (Lipinski definition) is 1. The predicted molar refractivity (Wildman–Crippen MR) is 125 cm³/mol. The van der Waals surface area contributed by atoms with Gasteiger partial charge in [-0.05, 0) is 56.8 Å². The summed E-state index contributed by atoms with van der Waals surface area (Å²) in [6.07, 6.45) is 9.46. The Bertz CT molecular complexity index is 1060. The average molecular weight is 465 g/mol. The molecule has 4 fully saturated rings. The Morgan fingerprint density at radius 2 is 1.62 bits per heavy atom. The van der Waals surface area contributed by atoms with Crippen molar-refractivity contribution in [1.29, 1.82) is 0 Å². The van der Waals surface area contributed by atoms with Crippen LogP contribution in [-0.2, 0) is 9.59 Å². The fraction of sp³-hybridized carbons (Fsp3) is 0.615. The monoisotopic (exact) mass is 464 g/mol. The largest absolute Gasteiger partial charge is 0.371 e. The normalized spacial score (nSPS) is 30.5. The molecule has 1 saturated carbocycles. The summed E-state index contributed by atoms with van der Waals surface area (Å²) in [4.78, 5) is 56.1. The molecule has 1 N–H and O–H groups in total. The number of carbonyl (C=O) groups is 4. The SMILES string of the molecule is O=C1CCC(N2C(=O)c3ccc(N4CCC5(CCN(C6CCCCC6)C5)C4)cc3C2=O)C(=O)N1. The number of fused-ring (bicyclic) bond motifs is 1. The Hall–Kier alpha value is -2.74. The highest BCUT2D eigenvalue weighted by Gasteiger charge is 2.47. The average Bonchev–Trinajstić information content (AvgIpc) is 3.53. The van der Waals surface area contributed by atoms with E-state index in [-0.39, 0.29) is 18.7 Å². The van der Waals surface area contributed by atoms with Crippen molar-refractivity contribution in [2.24, 2.45) is 5.41 Å². The summed E-state index contributed by atoms with van der Waals surface area (Å²) >= 11 is 0. The third-order valence-corrected chi connectivity index (χ3v) is 8.79. The van der Waals surface area contributed by atoms with Crippen LogP contribution in [0.15, 0.2) is 18.2 Å². The van der Waals surface area contributed by atoms with Crippen LogP contribution in [0.1, 0.15) is 78.5 Å². The number of nitrogens with zero attached hydrogens (tertiary/aromatic N) is 3. The number of hydrogen-bond acceptors (Lipinski definition) is 6. The van der Waals surface area contributed by atoms with Gasteiger partial charge in [0.15, 0.2) is 0 Å². The molecule has 180 valence electrons. The molecule has 1 aromatic rings. The van der Waals surface area contributed by atoms with Crippen LogP contribution in [0.3, 0.4) is 0 Å². The van der Waals surface area contributed by atoms with Crippen molar-refractivity contribution in [1.82, 2.24) is 15.1 Å². The van der Waals surface area contributed by atoms with Gasteiger partial charge in [-0.25, -0.2) is 0 Å². The summed E-state index contributed by atoms with van der Waals surface area (Å²) in [6.45, 7) is 4.29. The Kier molecular flexibility index (Phi) is 5.24. The molecule has 5 aliphatic rings. The number of amides is 4. The molecule has 4 heterocycles. The van der Waals surface area contributed by atoms with Crippen molar-refractivity contribution >= 4 is 29.3 Å². The summed E-state index contributed by atoms with van der Waals surface area (Å²) in [5, 5.41) is 2.25. The van der Waals surface area contributed by atoms with Crippen molar-refractivity contribution in [3.05, 3.63) is 29.3 Å². The van der Waals surface area contributed by atoms with Gasteiger partial charge in [0.05, 0.1) is 11.1 Å². The molecule has 0 bridgehead atoms. The van der Waals surface area contributed by atoms with Crippen LogP contribution in [0.25, 0.3) is 0 Å². The third kappa shape index (κ3) is 3.54. The highest BCUT2D eigenvalue weighted by molar-refractivity contribution is 6.23. The maximum Gasteiger partial charge on any atom is 0.262 e. The van der Waals surface area contributed by atoms with E-state index in [4.69, 9.17) is 0 Å². The number of imide groups is 2. The second-order valence-corrected chi connectivity index (χ2v) is 10.9. The van der Waals surface area contributed by atoms with Gasteiger partial charge in [-0.3, -0.25) is 34.3 Å². The molecule has 1 aromatic carbocycles. The number of rotatable bonds is 3. The van der Waals surface area contributed by atoms with Crippen molar-refractivity contribution in [3.8, 4) is 0 Å². The van der Waals surface area contributed by atoms with Gasteiger partial charge in [0, 0.05) is 43.2 Å². The summed E-state index contributed by atoms with van der Waals surface area (Å²) < 4.78 is 0. The molecule has 6 rings (SSSR count). The zero-order chi connectivity index (χ0) is 23.4. The fourth-order valence-electron chi connectivity index (χ4n) is 6.87. The molecule has 8 nitrogen and oxygen atoms in total. The van der Waals surface area contributed by atoms with Gasteiger partial charge >= 0.3 is 0 Å². The van der Waals surface area contributed by atoms with E-state index in [9.17, 15) is 19.2 Å². The van der Waals surface area contributed by atoms with Crippen molar-refractivity contribution in [3.63, 3.8) is 0 Å². The van der Waals surface area contributed by atoms with Gasteiger partial charge in [-0.15, -0.1) is 0 Å². The standard InChI is InChI=1S/C26H32N4O4/c31-22-9-8-21(23(32)27-22)30-24(33)19-7-6-18(14-20(19)25(30)34)29-13-11-26(16-29)10-12-28(15-26)17-4-2-1-3-5-17/h6-7,14,17,21H,1-5,8-13,15-16H2,(H,27,31,32). The zero-order valence-corrected chi connectivity index (χ0v) is 19.6. The molecule has 4 amide bonds. The highest BCUT2D eigenvalue weighted by atomic mass is 16.2. The van der Waals surface area contributed by atoms with E-state index in [1.54, 1.807) is 6.07 Å². The Balaban J connectivity index is 1.17. The van der Waals surface area contributed by atoms with Gasteiger partial charge in [-0.1, -0.05) is 19.3 Å². The maximum absolute atomic E-state index is 13.2. The molecule has 2 unspecified atom stereocenters. The quantitative estimate of drug-likeness (QED) is 0.691. The molecule has 2 atom stereocenters. The van der Waals surface area contributed by atoms with Gasteiger partial charge in [0.25, 0.3) is 11.8 Å². The van der Waals surface area contributed by atoms with Gasteiger partial charge in [-0.2, -0.15) is 0 Å². The summed E-state index contributed by atoms with van der Waals surface area (Å²) in [5.41, 5.74) is 1.99. The molecule has 34 heavy (non-hydrogen) atoms. The number of benzene rings is 1. The first kappa shape index (κ1) is 21.8. The number of piperidine rings is 1. The zero-order valence-electron chi connectivity index (χ0n) is 19.6. The van der Waals surface area contributed by atoms with E-state index in [1.807, 2.05) is 12.1 Å². The summed E-state index contributed by atoms with van der Waals surface area (Å²) in [5.74, 6) is -1.82. The molecule has 4 aliphatic heterocycles. The topological polar surface area (TPSA) is 90.0 Å². The number of carbonyl (C=O) groups excluding carboxylic acids is 4. The predicted octanol–water partition coefficient (Wildman–Crippen LogP) is 2.32.